The Kier molecular flexibility index (Phi) is 7.23. The third-order valence-corrected chi connectivity index (χ3v) is 4.93. The van der Waals surface area contributed by atoms with Gasteiger partial charge in [-0.2, -0.15) is 17.4 Å². The van der Waals surface area contributed by atoms with Crippen molar-refractivity contribution >= 4 is 10.2 Å². The Balaban J connectivity index is 4.72. The van der Waals surface area contributed by atoms with Crippen LogP contribution in [0.1, 0.15) is 46.5 Å². The first-order chi connectivity index (χ1) is 7.87. The molecule has 0 aromatic heterocycles. The van der Waals surface area contributed by atoms with E-state index in [1.165, 1.54) is 4.31 Å². The largest absolute Gasteiger partial charge is 0.394 e. The summed E-state index contributed by atoms with van der Waals surface area (Å²) in [6, 6.07) is 0. The van der Waals surface area contributed by atoms with Crippen LogP contribution in [0.3, 0.4) is 0 Å². The van der Waals surface area contributed by atoms with E-state index in [1.54, 1.807) is 7.05 Å². The van der Waals surface area contributed by atoms with E-state index < -0.39 is 15.7 Å². The highest BCUT2D eigenvalue weighted by Gasteiger charge is 2.32. The van der Waals surface area contributed by atoms with Gasteiger partial charge in [-0.05, 0) is 19.3 Å². The predicted molar refractivity (Wildman–Crippen MR) is 70.0 cm³/mol. The molecule has 17 heavy (non-hydrogen) atoms. The predicted octanol–water partition coefficient (Wildman–Crippen LogP) is 1.10. The lowest BCUT2D eigenvalue weighted by Gasteiger charge is -2.32. The Bertz CT molecular complexity index is 292. The number of rotatable bonds is 9. The number of hydrogen-bond acceptors (Lipinski definition) is 3. The minimum Gasteiger partial charge on any atom is -0.394 e. The second-order valence-corrected chi connectivity index (χ2v) is 6.21. The van der Waals surface area contributed by atoms with Crippen LogP contribution in [0, 0.1) is 0 Å². The minimum absolute atomic E-state index is 0.180. The summed E-state index contributed by atoms with van der Waals surface area (Å²) in [7, 11) is -1.94. The lowest BCUT2D eigenvalue weighted by molar-refractivity contribution is 0.170. The zero-order valence-electron chi connectivity index (χ0n) is 11.4. The first-order valence-electron chi connectivity index (χ1n) is 6.23. The topological polar surface area (TPSA) is 69.6 Å². The van der Waals surface area contributed by atoms with Crippen LogP contribution in [-0.4, -0.2) is 43.6 Å². The van der Waals surface area contributed by atoms with Crippen molar-refractivity contribution in [3.63, 3.8) is 0 Å². The molecule has 0 atom stereocenters. The minimum atomic E-state index is -3.50. The van der Waals surface area contributed by atoms with E-state index in [2.05, 4.69) is 4.72 Å². The van der Waals surface area contributed by atoms with Gasteiger partial charge in [-0.15, -0.1) is 0 Å². The molecule has 2 N–H and O–H groups in total. The van der Waals surface area contributed by atoms with Gasteiger partial charge in [-0.1, -0.05) is 27.2 Å². The lowest BCUT2D eigenvalue weighted by Crippen LogP contribution is -2.54. The van der Waals surface area contributed by atoms with Crippen LogP contribution >= 0.6 is 0 Å². The number of aliphatic hydroxyl groups is 1. The Morgan fingerprint density at radius 2 is 1.76 bits per heavy atom. The number of nitrogens with zero attached hydrogens (tertiary/aromatic N) is 1. The summed E-state index contributed by atoms with van der Waals surface area (Å²) in [6.45, 7) is 6.08. The van der Waals surface area contributed by atoms with Crippen LogP contribution in [0.5, 0.6) is 0 Å². The number of aliphatic hydroxyl groups excluding tert-OH is 1. The van der Waals surface area contributed by atoms with E-state index in [-0.39, 0.29) is 6.61 Å². The zero-order valence-corrected chi connectivity index (χ0v) is 12.2. The summed E-state index contributed by atoms with van der Waals surface area (Å²) >= 11 is 0. The van der Waals surface area contributed by atoms with Gasteiger partial charge in [-0.25, -0.2) is 0 Å². The highest BCUT2D eigenvalue weighted by Crippen LogP contribution is 2.16. The molecule has 0 aliphatic carbocycles. The molecule has 0 unspecified atom stereocenters. The third kappa shape index (κ3) is 4.91. The van der Waals surface area contributed by atoms with Gasteiger partial charge < -0.3 is 5.11 Å². The van der Waals surface area contributed by atoms with Gasteiger partial charge in [0.05, 0.1) is 12.1 Å². The van der Waals surface area contributed by atoms with E-state index in [0.717, 1.165) is 12.8 Å². The first kappa shape index (κ1) is 16.8. The van der Waals surface area contributed by atoms with E-state index in [4.69, 9.17) is 0 Å². The van der Waals surface area contributed by atoms with Crippen molar-refractivity contribution in [1.29, 1.82) is 0 Å². The van der Waals surface area contributed by atoms with Crippen LogP contribution in [0.15, 0.2) is 0 Å². The van der Waals surface area contributed by atoms with Crippen LogP contribution in [0.2, 0.25) is 0 Å². The number of nitrogens with one attached hydrogen (secondary N) is 1. The molecule has 0 saturated heterocycles. The quantitative estimate of drug-likeness (QED) is 0.656. The molecule has 5 nitrogen and oxygen atoms in total. The smallest absolute Gasteiger partial charge is 0.279 e. The van der Waals surface area contributed by atoms with Crippen molar-refractivity contribution in [3.8, 4) is 0 Å². The van der Waals surface area contributed by atoms with Gasteiger partial charge in [0.15, 0.2) is 0 Å². The van der Waals surface area contributed by atoms with Crippen LogP contribution in [0.25, 0.3) is 0 Å². The van der Waals surface area contributed by atoms with E-state index in [9.17, 15) is 13.5 Å². The molecule has 0 bridgehead atoms. The molecule has 0 saturated carbocycles. The molecule has 0 spiro atoms. The fourth-order valence-corrected chi connectivity index (χ4v) is 2.93. The van der Waals surface area contributed by atoms with E-state index >= 15 is 0 Å². The summed E-state index contributed by atoms with van der Waals surface area (Å²) in [4.78, 5) is 0. The van der Waals surface area contributed by atoms with Crippen molar-refractivity contribution < 1.29 is 13.5 Å². The molecule has 0 aromatic rings. The molecule has 6 heteroatoms. The zero-order chi connectivity index (χ0) is 13.5. The molecule has 0 aliphatic heterocycles. The summed E-state index contributed by atoms with van der Waals surface area (Å²) in [5, 5.41) is 9.35. The molecule has 0 fully saturated rings. The van der Waals surface area contributed by atoms with Crippen molar-refractivity contribution in [3.05, 3.63) is 0 Å². The fraction of sp³-hybridized carbons (Fsp3) is 1.00. The molecule has 0 rings (SSSR count). The highest BCUT2D eigenvalue weighted by molar-refractivity contribution is 7.87. The fourth-order valence-electron chi connectivity index (χ4n) is 1.50. The molecular weight excluding hydrogens is 240 g/mol. The van der Waals surface area contributed by atoms with Crippen LogP contribution in [0.4, 0.5) is 0 Å². The van der Waals surface area contributed by atoms with Gasteiger partial charge in [-0.3, -0.25) is 0 Å². The first-order valence-corrected chi connectivity index (χ1v) is 7.67. The Hall–Kier alpha value is -0.170. The Morgan fingerprint density at radius 3 is 2.12 bits per heavy atom. The summed E-state index contributed by atoms with van der Waals surface area (Å²) in [6.07, 6.45) is 2.93. The van der Waals surface area contributed by atoms with Crippen LogP contribution in [-0.2, 0) is 10.2 Å². The average molecular weight is 266 g/mol. The molecule has 0 amide bonds. The van der Waals surface area contributed by atoms with Crippen molar-refractivity contribution in [2.24, 2.45) is 0 Å². The molecule has 0 heterocycles. The van der Waals surface area contributed by atoms with Gasteiger partial charge in [0.1, 0.15) is 0 Å². The standard InChI is InChI=1S/C11H26N2O3S/c1-5-8-9-13(4)17(15,16)12-11(6-2,7-3)10-14/h12,14H,5-10H2,1-4H3. The number of hydrogen-bond donors (Lipinski definition) is 2. The normalized spacial score (nSPS) is 13.3. The maximum atomic E-state index is 12.0. The van der Waals surface area contributed by atoms with Gasteiger partial charge in [0, 0.05) is 13.6 Å². The Morgan fingerprint density at radius 1 is 1.24 bits per heavy atom. The summed E-state index contributed by atoms with van der Waals surface area (Å²) < 4.78 is 28.0. The third-order valence-electron chi connectivity index (χ3n) is 3.24. The monoisotopic (exact) mass is 266 g/mol. The second-order valence-electron chi connectivity index (χ2n) is 4.43. The van der Waals surface area contributed by atoms with Gasteiger partial charge in [0.25, 0.3) is 10.2 Å². The van der Waals surface area contributed by atoms with Crippen molar-refractivity contribution in [2.45, 2.75) is 52.0 Å². The lowest BCUT2D eigenvalue weighted by atomic mass is 9.96. The van der Waals surface area contributed by atoms with Crippen molar-refractivity contribution in [1.82, 2.24) is 9.03 Å². The SMILES string of the molecule is CCCCN(C)S(=O)(=O)NC(CC)(CC)CO. The molecule has 0 aliphatic rings. The number of unbranched alkanes of at least 4 members (excludes halogenated alkanes) is 1. The Labute approximate surface area is 105 Å². The van der Waals surface area contributed by atoms with Crippen molar-refractivity contribution in [2.75, 3.05) is 20.2 Å². The molecular formula is C11H26N2O3S. The molecule has 0 radical (unpaired) electrons. The molecule has 104 valence electrons. The maximum Gasteiger partial charge on any atom is 0.279 e. The van der Waals surface area contributed by atoms with Crippen LogP contribution < -0.4 is 4.72 Å². The highest BCUT2D eigenvalue weighted by atomic mass is 32.2. The maximum absolute atomic E-state index is 12.0. The summed E-state index contributed by atoms with van der Waals surface area (Å²) in [5.41, 5.74) is -0.737. The molecule has 0 aromatic carbocycles. The van der Waals surface area contributed by atoms with E-state index in [1.807, 2.05) is 20.8 Å². The van der Waals surface area contributed by atoms with E-state index in [0.29, 0.717) is 19.4 Å². The van der Waals surface area contributed by atoms with Gasteiger partial charge in [0.2, 0.25) is 0 Å². The second kappa shape index (κ2) is 7.31. The van der Waals surface area contributed by atoms with Gasteiger partial charge >= 0.3 is 0 Å². The average Bonchev–Trinajstić information content (AvgIpc) is 2.33. The summed E-state index contributed by atoms with van der Waals surface area (Å²) in [5.74, 6) is 0.